The van der Waals surface area contributed by atoms with Crippen LogP contribution in [0.3, 0.4) is 0 Å². The highest BCUT2D eigenvalue weighted by Gasteiger charge is 2.18. The van der Waals surface area contributed by atoms with Crippen molar-refractivity contribution in [2.24, 2.45) is 0 Å². The summed E-state index contributed by atoms with van der Waals surface area (Å²) >= 11 is 0. The number of aryl methyl sites for hydroxylation is 2. The molecule has 1 aliphatic rings. The quantitative estimate of drug-likeness (QED) is 0.741. The lowest BCUT2D eigenvalue weighted by Crippen LogP contribution is -2.50. The van der Waals surface area contributed by atoms with Crippen LogP contribution in [0.5, 0.6) is 5.75 Å². The summed E-state index contributed by atoms with van der Waals surface area (Å²) in [6, 6.07) is 6.30. The van der Waals surface area contributed by atoms with Crippen LogP contribution in [0.15, 0.2) is 18.2 Å². The van der Waals surface area contributed by atoms with Crippen LogP contribution in [0.4, 0.5) is 0 Å². The van der Waals surface area contributed by atoms with Gasteiger partial charge in [-0.05, 0) is 25.5 Å². The van der Waals surface area contributed by atoms with Crippen LogP contribution >= 0.6 is 0 Å². The van der Waals surface area contributed by atoms with Crippen molar-refractivity contribution >= 4 is 0 Å². The van der Waals surface area contributed by atoms with Gasteiger partial charge in [-0.3, -0.25) is 0 Å². The van der Waals surface area contributed by atoms with E-state index < -0.39 is 0 Å². The van der Waals surface area contributed by atoms with Gasteiger partial charge in [-0.25, -0.2) is 0 Å². The molecule has 1 aliphatic heterocycles. The standard InChI is InChI=1S/C11H15NO/c1-8-3-4-11(9(2)5-8)13-10-6-12-7-10/h3-5,10,12H,6-7H2,1-2H3. The number of nitrogens with one attached hydrogen (secondary N) is 1. The Morgan fingerprint density at radius 3 is 2.62 bits per heavy atom. The maximum Gasteiger partial charge on any atom is 0.123 e. The van der Waals surface area contributed by atoms with Crippen LogP contribution in [-0.2, 0) is 0 Å². The van der Waals surface area contributed by atoms with E-state index >= 15 is 0 Å². The van der Waals surface area contributed by atoms with E-state index in [4.69, 9.17) is 4.74 Å². The summed E-state index contributed by atoms with van der Waals surface area (Å²) in [5, 5.41) is 3.19. The van der Waals surface area contributed by atoms with E-state index in [2.05, 4.69) is 37.4 Å². The van der Waals surface area contributed by atoms with Crippen LogP contribution in [-0.4, -0.2) is 19.2 Å². The number of ether oxygens (including phenoxy) is 1. The monoisotopic (exact) mass is 177 g/mol. The first-order valence-corrected chi connectivity index (χ1v) is 4.70. The number of hydrogen-bond donors (Lipinski definition) is 1. The summed E-state index contributed by atoms with van der Waals surface area (Å²) in [4.78, 5) is 0. The predicted molar refractivity (Wildman–Crippen MR) is 53.2 cm³/mol. The summed E-state index contributed by atoms with van der Waals surface area (Å²) in [6.45, 7) is 6.15. The van der Waals surface area contributed by atoms with E-state index in [0.29, 0.717) is 6.10 Å². The number of benzene rings is 1. The molecule has 0 amide bonds. The molecule has 1 heterocycles. The van der Waals surface area contributed by atoms with Crippen molar-refractivity contribution in [2.45, 2.75) is 20.0 Å². The minimum atomic E-state index is 0.376. The Morgan fingerprint density at radius 1 is 1.31 bits per heavy atom. The first kappa shape index (κ1) is 8.57. The summed E-state index contributed by atoms with van der Waals surface area (Å²) < 4.78 is 5.77. The molecule has 0 aliphatic carbocycles. The molecule has 2 nitrogen and oxygen atoms in total. The Hall–Kier alpha value is -1.02. The van der Waals surface area contributed by atoms with Crippen LogP contribution < -0.4 is 10.1 Å². The van der Waals surface area contributed by atoms with Gasteiger partial charge in [-0.2, -0.15) is 0 Å². The van der Waals surface area contributed by atoms with Crippen molar-refractivity contribution in [2.75, 3.05) is 13.1 Å². The minimum Gasteiger partial charge on any atom is -0.487 e. The Balaban J connectivity index is 2.10. The van der Waals surface area contributed by atoms with Crippen molar-refractivity contribution in [3.63, 3.8) is 0 Å². The van der Waals surface area contributed by atoms with Crippen LogP contribution in [0, 0.1) is 13.8 Å². The molecule has 2 rings (SSSR count). The molecule has 70 valence electrons. The zero-order chi connectivity index (χ0) is 9.26. The summed E-state index contributed by atoms with van der Waals surface area (Å²) in [6.07, 6.45) is 0.376. The van der Waals surface area contributed by atoms with Gasteiger partial charge in [-0.1, -0.05) is 17.7 Å². The first-order chi connectivity index (χ1) is 6.25. The lowest BCUT2D eigenvalue weighted by molar-refractivity contribution is 0.141. The summed E-state index contributed by atoms with van der Waals surface area (Å²) in [5.41, 5.74) is 2.52. The van der Waals surface area contributed by atoms with E-state index in [1.165, 1.54) is 11.1 Å². The highest BCUT2D eigenvalue weighted by atomic mass is 16.5. The predicted octanol–water partition coefficient (Wildman–Crippen LogP) is 1.65. The number of rotatable bonds is 2. The van der Waals surface area contributed by atoms with E-state index in [9.17, 15) is 0 Å². The van der Waals surface area contributed by atoms with Gasteiger partial charge >= 0.3 is 0 Å². The molecule has 2 heteroatoms. The van der Waals surface area contributed by atoms with Gasteiger partial charge in [0.25, 0.3) is 0 Å². The van der Waals surface area contributed by atoms with E-state index in [-0.39, 0.29) is 0 Å². The molecule has 0 unspecified atom stereocenters. The lowest BCUT2D eigenvalue weighted by Gasteiger charge is -2.28. The molecule has 1 aromatic rings. The molecule has 1 aromatic carbocycles. The second-order valence-electron chi connectivity index (χ2n) is 3.67. The Kier molecular flexibility index (Phi) is 2.23. The summed E-state index contributed by atoms with van der Waals surface area (Å²) in [7, 11) is 0. The molecule has 1 fully saturated rings. The van der Waals surface area contributed by atoms with Gasteiger partial charge in [-0.15, -0.1) is 0 Å². The third kappa shape index (κ3) is 1.83. The molecule has 0 aromatic heterocycles. The van der Waals surface area contributed by atoms with Gasteiger partial charge in [0, 0.05) is 13.1 Å². The molecule has 0 atom stereocenters. The van der Waals surface area contributed by atoms with E-state index in [1.54, 1.807) is 0 Å². The first-order valence-electron chi connectivity index (χ1n) is 4.70. The van der Waals surface area contributed by atoms with Gasteiger partial charge in [0.1, 0.15) is 11.9 Å². The molecular weight excluding hydrogens is 162 g/mol. The van der Waals surface area contributed by atoms with Crippen LogP contribution in [0.25, 0.3) is 0 Å². The molecule has 0 bridgehead atoms. The molecule has 0 radical (unpaired) electrons. The zero-order valence-corrected chi connectivity index (χ0v) is 8.13. The molecular formula is C11H15NO. The molecule has 0 saturated carbocycles. The SMILES string of the molecule is Cc1ccc(OC2CNC2)c(C)c1. The average molecular weight is 177 g/mol. The highest BCUT2D eigenvalue weighted by molar-refractivity contribution is 5.35. The van der Waals surface area contributed by atoms with Crippen molar-refractivity contribution in [1.82, 2.24) is 5.32 Å². The fraction of sp³-hybridized carbons (Fsp3) is 0.455. The topological polar surface area (TPSA) is 21.3 Å². The maximum absolute atomic E-state index is 5.77. The maximum atomic E-state index is 5.77. The van der Waals surface area contributed by atoms with Gasteiger partial charge in [0.05, 0.1) is 0 Å². The molecule has 1 saturated heterocycles. The van der Waals surface area contributed by atoms with Crippen molar-refractivity contribution in [3.8, 4) is 5.75 Å². The summed E-state index contributed by atoms with van der Waals surface area (Å²) in [5.74, 6) is 1.03. The fourth-order valence-corrected chi connectivity index (χ4v) is 1.46. The smallest absolute Gasteiger partial charge is 0.123 e. The second kappa shape index (κ2) is 3.38. The van der Waals surface area contributed by atoms with E-state index in [1.807, 2.05) is 0 Å². The number of hydrogen-bond acceptors (Lipinski definition) is 2. The van der Waals surface area contributed by atoms with Crippen molar-refractivity contribution in [1.29, 1.82) is 0 Å². The minimum absolute atomic E-state index is 0.376. The largest absolute Gasteiger partial charge is 0.487 e. The van der Waals surface area contributed by atoms with Crippen molar-refractivity contribution in [3.05, 3.63) is 29.3 Å². The molecule has 0 spiro atoms. The lowest BCUT2D eigenvalue weighted by atomic mass is 10.1. The van der Waals surface area contributed by atoms with Gasteiger partial charge in [0.2, 0.25) is 0 Å². The third-order valence-corrected chi connectivity index (χ3v) is 2.37. The Labute approximate surface area is 78.9 Å². The highest BCUT2D eigenvalue weighted by Crippen LogP contribution is 2.20. The average Bonchev–Trinajstić information content (AvgIpc) is 1.99. The second-order valence-corrected chi connectivity index (χ2v) is 3.67. The molecule has 13 heavy (non-hydrogen) atoms. The Morgan fingerprint density at radius 2 is 2.08 bits per heavy atom. The van der Waals surface area contributed by atoms with Crippen LogP contribution in [0.2, 0.25) is 0 Å². The van der Waals surface area contributed by atoms with Gasteiger partial charge in [0.15, 0.2) is 0 Å². The van der Waals surface area contributed by atoms with Gasteiger partial charge < -0.3 is 10.1 Å². The third-order valence-electron chi connectivity index (χ3n) is 2.37. The van der Waals surface area contributed by atoms with Crippen LogP contribution in [0.1, 0.15) is 11.1 Å². The van der Waals surface area contributed by atoms with E-state index in [0.717, 1.165) is 18.8 Å². The normalized spacial score (nSPS) is 16.8. The zero-order valence-electron chi connectivity index (χ0n) is 8.13. The fourth-order valence-electron chi connectivity index (χ4n) is 1.46. The molecule has 1 N–H and O–H groups in total. The Bertz CT molecular complexity index is 305. The van der Waals surface area contributed by atoms with Crippen molar-refractivity contribution < 1.29 is 4.74 Å².